The number of halogens is 1. The first-order valence-electron chi connectivity index (χ1n) is 6.99. The van der Waals surface area contributed by atoms with E-state index >= 15 is 0 Å². The molecule has 0 saturated carbocycles. The lowest BCUT2D eigenvalue weighted by molar-refractivity contribution is 0.573. The molecule has 0 aliphatic carbocycles. The molecular weight excluding hydrogens is 283 g/mol. The highest BCUT2D eigenvalue weighted by atomic mass is 32.2. The van der Waals surface area contributed by atoms with E-state index in [1.807, 2.05) is 6.07 Å². The highest BCUT2D eigenvalue weighted by Gasteiger charge is 2.11. The molecular formula is C17H21FN2S. The number of hydrazine groups is 1. The molecule has 0 spiro atoms. The van der Waals surface area contributed by atoms with Gasteiger partial charge in [-0.3, -0.25) is 11.3 Å². The van der Waals surface area contributed by atoms with Gasteiger partial charge in [0.2, 0.25) is 0 Å². The molecule has 0 saturated heterocycles. The number of thioether (sulfide) groups is 1. The van der Waals surface area contributed by atoms with E-state index in [0.717, 1.165) is 12.2 Å². The molecule has 0 amide bonds. The summed E-state index contributed by atoms with van der Waals surface area (Å²) in [5.41, 5.74) is 6.59. The van der Waals surface area contributed by atoms with Crippen LogP contribution in [0, 0.1) is 19.7 Å². The van der Waals surface area contributed by atoms with Gasteiger partial charge in [-0.25, -0.2) is 4.39 Å². The molecule has 0 heterocycles. The number of hydrogen-bond acceptors (Lipinski definition) is 3. The summed E-state index contributed by atoms with van der Waals surface area (Å²) in [6.07, 6.45) is 0.834. The lowest BCUT2D eigenvalue weighted by Crippen LogP contribution is -2.38. The highest BCUT2D eigenvalue weighted by Crippen LogP contribution is 2.22. The summed E-state index contributed by atoms with van der Waals surface area (Å²) in [4.78, 5) is 0.665. The van der Waals surface area contributed by atoms with Gasteiger partial charge < -0.3 is 0 Å². The lowest BCUT2D eigenvalue weighted by atomic mass is 10.0. The number of aryl methyl sites for hydroxylation is 2. The summed E-state index contributed by atoms with van der Waals surface area (Å²) in [5.74, 6) is 6.19. The first kappa shape index (κ1) is 16.0. The molecule has 0 radical (unpaired) electrons. The third-order valence-corrected chi connectivity index (χ3v) is 4.49. The van der Waals surface area contributed by atoms with Crippen molar-refractivity contribution in [3.05, 3.63) is 65.0 Å². The summed E-state index contributed by atoms with van der Waals surface area (Å²) in [6, 6.07) is 13.4. The van der Waals surface area contributed by atoms with Crippen LogP contribution in [0.5, 0.6) is 0 Å². The van der Waals surface area contributed by atoms with Gasteiger partial charge in [-0.05, 0) is 38.0 Å². The van der Waals surface area contributed by atoms with Gasteiger partial charge in [0.1, 0.15) is 5.82 Å². The predicted molar refractivity (Wildman–Crippen MR) is 87.9 cm³/mol. The normalized spacial score (nSPS) is 12.4. The largest absolute Gasteiger partial charge is 0.271 e. The smallest absolute Gasteiger partial charge is 0.136 e. The third kappa shape index (κ3) is 4.84. The number of benzene rings is 2. The summed E-state index contributed by atoms with van der Waals surface area (Å²) in [6.45, 7) is 4.19. The van der Waals surface area contributed by atoms with Crippen molar-refractivity contribution < 1.29 is 4.39 Å². The minimum atomic E-state index is -0.176. The van der Waals surface area contributed by atoms with E-state index in [4.69, 9.17) is 5.84 Å². The second-order valence-electron chi connectivity index (χ2n) is 5.31. The van der Waals surface area contributed by atoms with E-state index in [-0.39, 0.29) is 11.9 Å². The molecule has 2 aromatic rings. The maximum atomic E-state index is 13.6. The first-order valence-corrected chi connectivity index (χ1v) is 7.97. The van der Waals surface area contributed by atoms with Crippen LogP contribution >= 0.6 is 11.8 Å². The second kappa shape index (κ2) is 7.59. The van der Waals surface area contributed by atoms with Crippen molar-refractivity contribution in [1.82, 2.24) is 5.43 Å². The molecule has 2 rings (SSSR count). The van der Waals surface area contributed by atoms with Crippen molar-refractivity contribution in [2.75, 3.05) is 5.75 Å². The molecule has 1 unspecified atom stereocenters. The Kier molecular flexibility index (Phi) is 5.79. The topological polar surface area (TPSA) is 38.0 Å². The van der Waals surface area contributed by atoms with Crippen LogP contribution in [0.15, 0.2) is 47.4 Å². The molecule has 112 valence electrons. The molecule has 3 N–H and O–H groups in total. The zero-order valence-electron chi connectivity index (χ0n) is 12.4. The van der Waals surface area contributed by atoms with Gasteiger partial charge in [0.15, 0.2) is 0 Å². The van der Waals surface area contributed by atoms with Gasteiger partial charge in [0.25, 0.3) is 0 Å². The van der Waals surface area contributed by atoms with Gasteiger partial charge in [0, 0.05) is 16.7 Å². The van der Waals surface area contributed by atoms with Gasteiger partial charge in [-0.15, -0.1) is 11.8 Å². The maximum Gasteiger partial charge on any atom is 0.136 e. The Hall–Kier alpha value is -1.36. The zero-order chi connectivity index (χ0) is 15.2. The monoisotopic (exact) mass is 304 g/mol. The summed E-state index contributed by atoms with van der Waals surface area (Å²) < 4.78 is 13.6. The Balaban J connectivity index is 1.98. The second-order valence-corrected chi connectivity index (χ2v) is 6.37. The van der Waals surface area contributed by atoms with Crippen LogP contribution in [-0.2, 0) is 6.42 Å². The zero-order valence-corrected chi connectivity index (χ0v) is 13.2. The number of nitrogens with two attached hydrogens (primary N) is 1. The van der Waals surface area contributed by atoms with Crippen molar-refractivity contribution in [3.63, 3.8) is 0 Å². The van der Waals surface area contributed by atoms with Crippen molar-refractivity contribution >= 4 is 11.8 Å². The van der Waals surface area contributed by atoms with Gasteiger partial charge in [-0.2, -0.15) is 0 Å². The van der Waals surface area contributed by atoms with Crippen molar-refractivity contribution in [1.29, 1.82) is 0 Å². The first-order chi connectivity index (χ1) is 10.1. The Labute approximate surface area is 129 Å². The molecule has 4 heteroatoms. The van der Waals surface area contributed by atoms with E-state index in [9.17, 15) is 4.39 Å². The summed E-state index contributed by atoms with van der Waals surface area (Å²) in [5, 5.41) is 0. The van der Waals surface area contributed by atoms with E-state index < -0.39 is 0 Å². The minimum absolute atomic E-state index is 0.107. The Bertz CT molecular complexity index is 581. The van der Waals surface area contributed by atoms with Crippen LogP contribution in [0.2, 0.25) is 0 Å². The van der Waals surface area contributed by atoms with Crippen molar-refractivity contribution in [2.24, 2.45) is 5.84 Å². The Morgan fingerprint density at radius 2 is 1.81 bits per heavy atom. The Morgan fingerprint density at radius 1 is 1.14 bits per heavy atom. The fraction of sp³-hybridized carbons (Fsp3) is 0.294. The molecule has 0 aliphatic rings. The van der Waals surface area contributed by atoms with Gasteiger partial charge >= 0.3 is 0 Å². The average Bonchev–Trinajstić information content (AvgIpc) is 2.44. The fourth-order valence-electron chi connectivity index (χ4n) is 2.39. The van der Waals surface area contributed by atoms with Gasteiger partial charge in [-0.1, -0.05) is 41.5 Å². The van der Waals surface area contributed by atoms with Crippen LogP contribution in [0.3, 0.4) is 0 Å². The summed E-state index contributed by atoms with van der Waals surface area (Å²) in [7, 11) is 0. The van der Waals surface area contributed by atoms with Crippen molar-refractivity contribution in [2.45, 2.75) is 31.2 Å². The van der Waals surface area contributed by atoms with Crippen molar-refractivity contribution in [3.8, 4) is 0 Å². The quantitative estimate of drug-likeness (QED) is 0.486. The standard InChI is InChI=1S/C17H21FN2S/c1-12-7-13(2)9-14(8-12)10-15(20-19)11-21-17-6-4-3-5-16(17)18/h3-9,15,20H,10-11,19H2,1-2H3. The summed E-state index contributed by atoms with van der Waals surface area (Å²) >= 11 is 1.49. The van der Waals surface area contributed by atoms with Crippen LogP contribution in [0.1, 0.15) is 16.7 Å². The fourth-order valence-corrected chi connectivity index (χ4v) is 3.37. The van der Waals surface area contributed by atoms with Gasteiger partial charge in [0.05, 0.1) is 0 Å². The minimum Gasteiger partial charge on any atom is -0.271 e. The predicted octanol–water partition coefficient (Wildman–Crippen LogP) is 3.61. The molecule has 0 aromatic heterocycles. The molecule has 1 atom stereocenters. The number of rotatable bonds is 6. The lowest BCUT2D eigenvalue weighted by Gasteiger charge is -2.16. The van der Waals surface area contributed by atoms with Crippen LogP contribution in [0.4, 0.5) is 4.39 Å². The highest BCUT2D eigenvalue weighted by molar-refractivity contribution is 7.99. The molecule has 21 heavy (non-hydrogen) atoms. The molecule has 0 aliphatic heterocycles. The average molecular weight is 304 g/mol. The van der Waals surface area contributed by atoms with Crippen LogP contribution in [-0.4, -0.2) is 11.8 Å². The van der Waals surface area contributed by atoms with E-state index in [1.165, 1.54) is 34.5 Å². The molecule has 0 fully saturated rings. The maximum absolute atomic E-state index is 13.6. The van der Waals surface area contributed by atoms with Crippen LogP contribution < -0.4 is 11.3 Å². The molecule has 2 aromatic carbocycles. The van der Waals surface area contributed by atoms with Crippen LogP contribution in [0.25, 0.3) is 0 Å². The van der Waals surface area contributed by atoms with E-state index in [1.54, 1.807) is 12.1 Å². The third-order valence-electron chi connectivity index (χ3n) is 3.28. The SMILES string of the molecule is Cc1cc(C)cc(CC(CSc2ccccc2F)NN)c1. The molecule has 0 bridgehead atoms. The number of nitrogens with one attached hydrogen (secondary N) is 1. The number of hydrogen-bond donors (Lipinski definition) is 2. The Morgan fingerprint density at radius 3 is 2.43 bits per heavy atom. The van der Waals surface area contributed by atoms with E-state index in [0.29, 0.717) is 4.90 Å². The van der Waals surface area contributed by atoms with E-state index in [2.05, 4.69) is 37.5 Å². The molecule has 2 nitrogen and oxygen atoms in total.